The molecule has 1 heterocycles. The highest BCUT2D eigenvalue weighted by molar-refractivity contribution is 7.06. The largest absolute Gasteiger partial charge is 0.378 e. The molecule has 1 atom stereocenters. The Balaban J connectivity index is 2.19. The highest BCUT2D eigenvalue weighted by Crippen LogP contribution is 2.27. The molecule has 4 nitrogen and oxygen atoms in total. The lowest BCUT2D eigenvalue weighted by atomic mass is 9.87. The summed E-state index contributed by atoms with van der Waals surface area (Å²) in [6.45, 7) is 5.76. The molecular weight excluding hydrogens is 284 g/mol. The number of benzene rings is 1. The fourth-order valence-electron chi connectivity index (χ4n) is 2.02. The fraction of sp³-hybridized carbons (Fsp3) is 0.438. The quantitative estimate of drug-likeness (QED) is 0.821. The van der Waals surface area contributed by atoms with E-state index in [4.69, 9.17) is 4.74 Å². The van der Waals surface area contributed by atoms with Gasteiger partial charge in [-0.2, -0.15) is 0 Å². The summed E-state index contributed by atoms with van der Waals surface area (Å²) in [4.78, 5) is 13.4. The molecule has 1 aromatic heterocycles. The first-order chi connectivity index (χ1) is 9.95. The van der Waals surface area contributed by atoms with Gasteiger partial charge in [0.25, 0.3) is 0 Å². The Bertz CT molecular complexity index is 608. The van der Waals surface area contributed by atoms with E-state index < -0.39 is 5.60 Å². The van der Waals surface area contributed by atoms with E-state index in [0.717, 1.165) is 16.1 Å². The summed E-state index contributed by atoms with van der Waals surface area (Å²) in [5, 5.41) is 4.17. The number of ether oxygens (including phenoxy) is 1. The number of hydrogen-bond acceptors (Lipinski definition) is 5. The van der Waals surface area contributed by atoms with E-state index in [1.165, 1.54) is 11.5 Å². The summed E-state index contributed by atoms with van der Waals surface area (Å²) in [6.07, 6.45) is 0.343. The lowest BCUT2D eigenvalue weighted by Crippen LogP contribution is -2.37. The molecule has 0 aliphatic rings. The molecule has 0 N–H and O–H groups in total. The predicted molar refractivity (Wildman–Crippen MR) is 84.3 cm³/mol. The molecule has 0 saturated carbocycles. The minimum absolute atomic E-state index is 0.144. The molecule has 1 aromatic carbocycles. The van der Waals surface area contributed by atoms with Gasteiger partial charge in [0.2, 0.25) is 0 Å². The first-order valence-corrected chi connectivity index (χ1v) is 7.67. The molecule has 21 heavy (non-hydrogen) atoms. The van der Waals surface area contributed by atoms with Gasteiger partial charge >= 0.3 is 0 Å². The second-order valence-electron chi connectivity index (χ2n) is 5.58. The van der Waals surface area contributed by atoms with E-state index in [1.54, 1.807) is 7.11 Å². The summed E-state index contributed by atoms with van der Waals surface area (Å²) >= 11 is 1.29. The summed E-state index contributed by atoms with van der Waals surface area (Å²) < 4.78 is 9.41. The summed E-state index contributed by atoms with van der Waals surface area (Å²) in [5.41, 5.74) is 1.33. The van der Waals surface area contributed by atoms with Crippen molar-refractivity contribution in [2.45, 2.75) is 32.8 Å². The van der Waals surface area contributed by atoms with Crippen molar-refractivity contribution in [1.82, 2.24) is 9.59 Å². The van der Waals surface area contributed by atoms with Gasteiger partial charge in [-0.15, -0.1) is 5.10 Å². The molecule has 0 saturated heterocycles. The highest BCUT2D eigenvalue weighted by Gasteiger charge is 2.31. The van der Waals surface area contributed by atoms with Gasteiger partial charge in [0.15, 0.2) is 0 Å². The van der Waals surface area contributed by atoms with Crippen LogP contribution >= 0.6 is 11.5 Å². The number of ketones is 1. The molecule has 2 aromatic rings. The molecule has 0 radical (unpaired) electrons. The number of aromatic nitrogens is 2. The van der Waals surface area contributed by atoms with Gasteiger partial charge in [-0.1, -0.05) is 41.7 Å². The second-order valence-corrected chi connectivity index (χ2v) is 6.42. The van der Waals surface area contributed by atoms with Crippen LogP contribution in [0.4, 0.5) is 0 Å². The van der Waals surface area contributed by atoms with Crippen LogP contribution in [0.3, 0.4) is 0 Å². The number of carbonyl (C=O) groups excluding carboxylic acids is 1. The van der Waals surface area contributed by atoms with E-state index in [9.17, 15) is 4.79 Å². The normalized spacial score (nSPS) is 13.1. The van der Waals surface area contributed by atoms with Gasteiger partial charge in [-0.05, 0) is 25.4 Å². The van der Waals surface area contributed by atoms with Crippen LogP contribution in [0.5, 0.6) is 0 Å². The van der Waals surface area contributed by atoms with Gasteiger partial charge in [-0.3, -0.25) is 4.79 Å². The Kier molecular flexibility index (Phi) is 4.85. The zero-order valence-corrected chi connectivity index (χ0v) is 13.6. The van der Waals surface area contributed by atoms with Crippen molar-refractivity contribution in [3.8, 4) is 11.3 Å². The van der Waals surface area contributed by atoms with Crippen molar-refractivity contribution in [2.75, 3.05) is 7.11 Å². The number of rotatable bonds is 6. The summed E-state index contributed by atoms with van der Waals surface area (Å²) in [5.74, 6) is -0.0432. The molecule has 0 aliphatic heterocycles. The smallest absolute Gasteiger partial charge is 0.143 e. The van der Waals surface area contributed by atoms with E-state index in [0.29, 0.717) is 6.42 Å². The topological polar surface area (TPSA) is 52.1 Å². The molecule has 1 unspecified atom stereocenters. The lowest BCUT2D eigenvalue weighted by Gasteiger charge is -2.29. The number of Topliss-reactive ketones (excluding diaryl/α,β-unsaturated/α-hetero) is 1. The Morgan fingerprint density at radius 1 is 1.33 bits per heavy atom. The maximum absolute atomic E-state index is 12.5. The highest BCUT2D eigenvalue weighted by atomic mass is 32.1. The second kappa shape index (κ2) is 6.45. The third-order valence-electron chi connectivity index (χ3n) is 3.99. The van der Waals surface area contributed by atoms with Crippen molar-refractivity contribution in [3.05, 3.63) is 35.2 Å². The van der Waals surface area contributed by atoms with Gasteiger partial charge in [0.05, 0.1) is 10.5 Å². The lowest BCUT2D eigenvalue weighted by molar-refractivity contribution is -0.130. The van der Waals surface area contributed by atoms with Gasteiger partial charge < -0.3 is 4.74 Å². The van der Waals surface area contributed by atoms with E-state index in [1.807, 2.05) is 51.1 Å². The molecule has 5 heteroatoms. The van der Waals surface area contributed by atoms with Crippen LogP contribution in [0, 0.1) is 5.92 Å². The fourth-order valence-corrected chi connectivity index (χ4v) is 2.69. The average molecular weight is 304 g/mol. The Morgan fingerprint density at radius 2 is 2.00 bits per heavy atom. The number of methoxy groups -OCH3 is 1. The van der Waals surface area contributed by atoms with Gasteiger partial charge in [0, 0.05) is 25.0 Å². The molecule has 0 aliphatic carbocycles. The van der Waals surface area contributed by atoms with E-state index in [-0.39, 0.29) is 11.7 Å². The molecule has 0 amide bonds. The van der Waals surface area contributed by atoms with Crippen LogP contribution in [-0.2, 0) is 16.0 Å². The zero-order chi connectivity index (χ0) is 15.5. The van der Waals surface area contributed by atoms with Crippen LogP contribution in [0.2, 0.25) is 0 Å². The van der Waals surface area contributed by atoms with Crippen molar-refractivity contribution in [2.24, 2.45) is 5.92 Å². The zero-order valence-electron chi connectivity index (χ0n) is 12.8. The third-order valence-corrected chi connectivity index (χ3v) is 4.71. The van der Waals surface area contributed by atoms with E-state index >= 15 is 0 Å². The average Bonchev–Trinajstić information content (AvgIpc) is 2.95. The molecule has 0 spiro atoms. The van der Waals surface area contributed by atoms with Gasteiger partial charge in [-0.25, -0.2) is 0 Å². The Morgan fingerprint density at radius 3 is 2.62 bits per heavy atom. The van der Waals surface area contributed by atoms with Crippen molar-refractivity contribution >= 4 is 17.3 Å². The van der Waals surface area contributed by atoms with Crippen LogP contribution in [-0.4, -0.2) is 28.1 Å². The maximum Gasteiger partial charge on any atom is 0.143 e. The number of carbonyl (C=O) groups is 1. The summed E-state index contributed by atoms with van der Waals surface area (Å²) in [6, 6.07) is 9.83. The standard InChI is InChI=1S/C16H20N2O2S/c1-11(16(2,3)20-4)13(19)10-14-15(17-18-21-14)12-8-6-5-7-9-12/h5-9,11H,10H2,1-4H3. The third kappa shape index (κ3) is 3.54. The number of nitrogens with zero attached hydrogens (tertiary/aromatic N) is 2. The molecular formula is C16H20N2O2S. The van der Waals surface area contributed by atoms with Crippen LogP contribution in [0.15, 0.2) is 30.3 Å². The molecule has 2 rings (SSSR count). The molecule has 0 fully saturated rings. The minimum Gasteiger partial charge on any atom is -0.378 e. The predicted octanol–water partition coefficient (Wildman–Crippen LogP) is 3.38. The monoisotopic (exact) mass is 304 g/mol. The van der Waals surface area contributed by atoms with Crippen molar-refractivity contribution in [1.29, 1.82) is 0 Å². The first-order valence-electron chi connectivity index (χ1n) is 6.90. The van der Waals surface area contributed by atoms with Gasteiger partial charge in [0.1, 0.15) is 11.5 Å². The van der Waals surface area contributed by atoms with Crippen LogP contribution in [0.1, 0.15) is 25.6 Å². The SMILES string of the molecule is COC(C)(C)C(C)C(=O)Cc1snnc1-c1ccccc1. The first kappa shape index (κ1) is 15.8. The minimum atomic E-state index is -0.470. The van der Waals surface area contributed by atoms with Crippen LogP contribution < -0.4 is 0 Å². The van der Waals surface area contributed by atoms with Crippen molar-refractivity contribution < 1.29 is 9.53 Å². The maximum atomic E-state index is 12.5. The summed E-state index contributed by atoms with van der Waals surface area (Å²) in [7, 11) is 1.63. The molecule has 0 bridgehead atoms. The van der Waals surface area contributed by atoms with E-state index in [2.05, 4.69) is 9.59 Å². The Hall–Kier alpha value is -1.59. The number of hydrogen-bond donors (Lipinski definition) is 0. The van der Waals surface area contributed by atoms with Crippen LogP contribution in [0.25, 0.3) is 11.3 Å². The van der Waals surface area contributed by atoms with Crippen molar-refractivity contribution in [3.63, 3.8) is 0 Å². The molecule has 112 valence electrons. The Labute approximate surface area is 129 Å².